The van der Waals surface area contributed by atoms with Gasteiger partial charge in [-0.05, 0) is 38.0 Å². The van der Waals surface area contributed by atoms with Gasteiger partial charge in [0.2, 0.25) is 0 Å². The summed E-state index contributed by atoms with van der Waals surface area (Å²) in [5.74, 6) is -0.368. The summed E-state index contributed by atoms with van der Waals surface area (Å²) in [7, 11) is 1.37. The molecule has 2 heterocycles. The number of esters is 1. The van der Waals surface area contributed by atoms with E-state index in [1.54, 1.807) is 6.20 Å². The van der Waals surface area contributed by atoms with E-state index in [2.05, 4.69) is 15.7 Å². The first-order valence-corrected chi connectivity index (χ1v) is 9.50. The van der Waals surface area contributed by atoms with E-state index in [-0.39, 0.29) is 5.97 Å². The number of hydrogen-bond donors (Lipinski definition) is 2. The summed E-state index contributed by atoms with van der Waals surface area (Å²) < 4.78 is 6.68. The molecule has 0 unspecified atom stereocenters. The number of aryl methyl sites for hydroxylation is 2. The largest absolute Gasteiger partial charge is 0.465 e. The van der Waals surface area contributed by atoms with Crippen LogP contribution in [-0.2, 0) is 17.7 Å². The molecule has 0 aliphatic heterocycles. The highest BCUT2D eigenvalue weighted by Gasteiger charge is 2.17. The highest BCUT2D eigenvalue weighted by Crippen LogP contribution is 2.29. The highest BCUT2D eigenvalue weighted by atomic mass is 35.5. The summed E-state index contributed by atoms with van der Waals surface area (Å²) in [6, 6.07) is 1.84. The lowest BCUT2D eigenvalue weighted by molar-refractivity contribution is 0.0602. The molecule has 0 fully saturated rings. The summed E-state index contributed by atoms with van der Waals surface area (Å²) in [5, 5.41) is 12.3. The van der Waals surface area contributed by atoms with Crippen molar-refractivity contribution in [2.24, 2.45) is 0 Å². The highest BCUT2D eigenvalue weighted by molar-refractivity contribution is 7.80. The van der Waals surface area contributed by atoms with Gasteiger partial charge in [-0.15, -0.1) is 11.3 Å². The molecule has 0 saturated carbocycles. The maximum atomic E-state index is 11.9. The Bertz CT molecular complexity index is 757. The van der Waals surface area contributed by atoms with E-state index in [4.69, 9.17) is 28.6 Å². The Morgan fingerprint density at radius 3 is 2.88 bits per heavy atom. The second kappa shape index (κ2) is 9.17. The van der Waals surface area contributed by atoms with E-state index in [0.29, 0.717) is 27.2 Å². The number of rotatable bonds is 7. The number of methoxy groups -OCH3 is 1. The van der Waals surface area contributed by atoms with Crippen LogP contribution in [0.4, 0.5) is 5.00 Å². The quantitative estimate of drug-likeness (QED) is 0.420. The van der Waals surface area contributed by atoms with Crippen LogP contribution in [-0.4, -0.2) is 34.5 Å². The van der Waals surface area contributed by atoms with Crippen LogP contribution in [0.5, 0.6) is 0 Å². The smallest absolute Gasteiger partial charge is 0.340 e. The van der Waals surface area contributed by atoms with Crippen LogP contribution in [0.25, 0.3) is 0 Å². The fourth-order valence-electron chi connectivity index (χ4n) is 2.20. The van der Waals surface area contributed by atoms with Crippen molar-refractivity contribution in [3.8, 4) is 0 Å². The van der Waals surface area contributed by atoms with E-state index in [1.165, 1.54) is 18.4 Å². The van der Waals surface area contributed by atoms with Crippen molar-refractivity contribution in [2.45, 2.75) is 33.2 Å². The predicted octanol–water partition coefficient (Wildman–Crippen LogP) is 3.63. The van der Waals surface area contributed by atoms with Gasteiger partial charge >= 0.3 is 5.97 Å². The third-order valence-corrected chi connectivity index (χ3v) is 5.45. The first-order valence-electron chi connectivity index (χ1n) is 7.90. The van der Waals surface area contributed by atoms with Gasteiger partial charge in [-0.3, -0.25) is 4.68 Å². The molecule has 0 amide bonds. The van der Waals surface area contributed by atoms with Crippen LogP contribution in [0.2, 0.25) is 5.02 Å². The van der Waals surface area contributed by atoms with Crippen LogP contribution >= 0.6 is 35.2 Å². The molecule has 25 heavy (non-hydrogen) atoms. The Morgan fingerprint density at radius 1 is 1.52 bits per heavy atom. The van der Waals surface area contributed by atoms with Crippen molar-refractivity contribution in [1.82, 2.24) is 15.1 Å². The van der Waals surface area contributed by atoms with Crippen LogP contribution < -0.4 is 10.6 Å². The lowest BCUT2D eigenvalue weighted by Crippen LogP contribution is -2.30. The second-order valence-corrected chi connectivity index (χ2v) is 7.29. The molecule has 0 aliphatic rings. The van der Waals surface area contributed by atoms with Gasteiger partial charge in [0.1, 0.15) is 5.00 Å². The summed E-state index contributed by atoms with van der Waals surface area (Å²) >= 11 is 12.8. The number of thiophene rings is 1. The summed E-state index contributed by atoms with van der Waals surface area (Å²) in [4.78, 5) is 13.0. The third kappa shape index (κ3) is 5.17. The van der Waals surface area contributed by atoms with Gasteiger partial charge in [-0.25, -0.2) is 4.79 Å². The first-order chi connectivity index (χ1) is 12.0. The molecule has 0 aliphatic carbocycles. The maximum Gasteiger partial charge on any atom is 0.340 e. The zero-order valence-electron chi connectivity index (χ0n) is 14.4. The van der Waals surface area contributed by atoms with E-state index < -0.39 is 0 Å². The minimum atomic E-state index is -0.368. The van der Waals surface area contributed by atoms with Gasteiger partial charge in [0, 0.05) is 18.0 Å². The number of ether oxygens (including phenoxy) is 1. The molecule has 0 saturated heterocycles. The van der Waals surface area contributed by atoms with Crippen molar-refractivity contribution in [3.05, 3.63) is 33.4 Å². The van der Waals surface area contributed by atoms with Crippen LogP contribution in [0.15, 0.2) is 12.3 Å². The molecule has 2 aromatic heterocycles. The Hall–Kier alpha value is -1.64. The standard InChI is InChI=1S/C16H21ClN4O2S2/c1-4-11-8-12(15(22)23-3)14(25-11)20-16(24)18-6-5-7-21-10(2)13(17)9-19-21/h8-9H,4-7H2,1-3H3,(H2,18,20,24). The average molecular weight is 401 g/mol. The van der Waals surface area contributed by atoms with Crippen molar-refractivity contribution < 1.29 is 9.53 Å². The molecule has 2 aromatic rings. The number of carbonyl (C=O) groups excluding carboxylic acids is 1. The molecule has 2 N–H and O–H groups in total. The number of hydrogen-bond acceptors (Lipinski definition) is 5. The summed E-state index contributed by atoms with van der Waals surface area (Å²) in [6.45, 7) is 5.41. The molecule has 2 rings (SSSR count). The number of anilines is 1. The minimum absolute atomic E-state index is 0.368. The van der Waals surface area contributed by atoms with E-state index >= 15 is 0 Å². The topological polar surface area (TPSA) is 68.2 Å². The molecule has 0 bridgehead atoms. The van der Waals surface area contributed by atoms with Gasteiger partial charge in [0.25, 0.3) is 0 Å². The van der Waals surface area contributed by atoms with Crippen LogP contribution in [0.1, 0.15) is 34.3 Å². The summed E-state index contributed by atoms with van der Waals surface area (Å²) in [5.41, 5.74) is 1.46. The van der Waals surface area contributed by atoms with Gasteiger partial charge < -0.3 is 15.4 Å². The lowest BCUT2D eigenvalue weighted by atomic mass is 10.2. The third-order valence-electron chi connectivity index (χ3n) is 3.64. The maximum absolute atomic E-state index is 11.9. The normalized spacial score (nSPS) is 10.6. The zero-order chi connectivity index (χ0) is 18.4. The summed E-state index contributed by atoms with van der Waals surface area (Å²) in [6.07, 6.45) is 3.34. The molecule has 6 nitrogen and oxygen atoms in total. The van der Waals surface area contributed by atoms with Gasteiger partial charge in [-0.2, -0.15) is 5.10 Å². The van der Waals surface area contributed by atoms with Crippen LogP contribution in [0.3, 0.4) is 0 Å². The molecule has 0 radical (unpaired) electrons. The molecule has 0 atom stereocenters. The van der Waals surface area contributed by atoms with Crippen molar-refractivity contribution in [2.75, 3.05) is 19.0 Å². The Morgan fingerprint density at radius 2 is 2.28 bits per heavy atom. The predicted molar refractivity (Wildman–Crippen MR) is 106 cm³/mol. The first kappa shape index (κ1) is 19.7. The van der Waals surface area contributed by atoms with Crippen LogP contribution in [0, 0.1) is 6.92 Å². The minimum Gasteiger partial charge on any atom is -0.465 e. The van der Waals surface area contributed by atoms with E-state index in [1.807, 2.05) is 24.6 Å². The fourth-order valence-corrected chi connectivity index (χ4v) is 3.60. The number of halogens is 1. The monoisotopic (exact) mass is 400 g/mol. The molecule has 136 valence electrons. The number of nitrogens with one attached hydrogen (secondary N) is 2. The number of thiocarbonyl (C=S) groups is 1. The molecule has 9 heteroatoms. The second-order valence-electron chi connectivity index (χ2n) is 5.34. The van der Waals surface area contributed by atoms with E-state index in [0.717, 1.165) is 30.0 Å². The average Bonchev–Trinajstić information content (AvgIpc) is 3.15. The fraction of sp³-hybridized carbons (Fsp3) is 0.438. The van der Waals surface area contributed by atoms with Crippen molar-refractivity contribution >= 4 is 51.2 Å². The number of nitrogens with zero attached hydrogens (tertiary/aromatic N) is 2. The number of aromatic nitrogens is 2. The molecular formula is C16H21ClN4O2S2. The number of carbonyl (C=O) groups is 1. The Labute approximate surface area is 161 Å². The van der Waals surface area contributed by atoms with Gasteiger partial charge in [0.15, 0.2) is 5.11 Å². The van der Waals surface area contributed by atoms with E-state index in [9.17, 15) is 4.79 Å². The SMILES string of the molecule is CCc1cc(C(=O)OC)c(NC(=S)NCCCn2ncc(Cl)c2C)s1. The Kier molecular flexibility index (Phi) is 7.22. The van der Waals surface area contributed by atoms with Gasteiger partial charge in [-0.1, -0.05) is 18.5 Å². The zero-order valence-corrected chi connectivity index (χ0v) is 16.8. The molecule has 0 aromatic carbocycles. The Balaban J connectivity index is 1.85. The van der Waals surface area contributed by atoms with Crippen molar-refractivity contribution in [1.29, 1.82) is 0 Å². The van der Waals surface area contributed by atoms with Gasteiger partial charge in [0.05, 0.1) is 29.6 Å². The molecular weight excluding hydrogens is 380 g/mol. The molecule has 0 spiro atoms. The van der Waals surface area contributed by atoms with Crippen molar-refractivity contribution in [3.63, 3.8) is 0 Å². The lowest BCUT2D eigenvalue weighted by Gasteiger charge is -2.11.